The van der Waals surface area contributed by atoms with Crippen molar-refractivity contribution in [2.45, 2.75) is 38.3 Å². The van der Waals surface area contributed by atoms with Crippen LogP contribution in [0.3, 0.4) is 0 Å². The average Bonchev–Trinajstić information content (AvgIpc) is 2.63. The first-order valence-corrected chi connectivity index (χ1v) is 10.7. The van der Waals surface area contributed by atoms with E-state index >= 15 is 0 Å². The number of hydrogen-bond acceptors (Lipinski definition) is 4. The molecule has 0 spiro atoms. The van der Waals surface area contributed by atoms with E-state index in [0.717, 1.165) is 23.3 Å². The lowest BCUT2D eigenvalue weighted by Gasteiger charge is -2.32. The van der Waals surface area contributed by atoms with Gasteiger partial charge in [-0.1, -0.05) is 49.4 Å². The Bertz CT molecular complexity index is 837. The fourth-order valence-corrected chi connectivity index (χ4v) is 4.39. The molecule has 2 aromatic rings. The summed E-state index contributed by atoms with van der Waals surface area (Å²) in [4.78, 5) is 0. The van der Waals surface area contributed by atoms with Crippen molar-refractivity contribution >= 4 is 10.0 Å². The van der Waals surface area contributed by atoms with Crippen molar-refractivity contribution in [3.8, 4) is 5.75 Å². The summed E-state index contributed by atoms with van der Waals surface area (Å²) >= 11 is 0. The van der Waals surface area contributed by atoms with Crippen molar-refractivity contribution < 1.29 is 13.2 Å². The Hall–Kier alpha value is -1.89. The van der Waals surface area contributed by atoms with Gasteiger partial charge in [-0.15, -0.1) is 0 Å². The minimum absolute atomic E-state index is 0.0882. The number of nitrogens with two attached hydrogens (primary N) is 1. The summed E-state index contributed by atoms with van der Waals surface area (Å²) in [7, 11) is -3.23. The van der Waals surface area contributed by atoms with Gasteiger partial charge in [-0.25, -0.2) is 13.1 Å². The lowest BCUT2D eigenvalue weighted by atomic mass is 9.84. The number of hydrogen-bond donors (Lipinski definition) is 2. The second-order valence-electron chi connectivity index (χ2n) is 6.78. The van der Waals surface area contributed by atoms with Crippen LogP contribution in [0.1, 0.15) is 36.0 Å². The van der Waals surface area contributed by atoms with Crippen LogP contribution in [0.2, 0.25) is 0 Å². The topological polar surface area (TPSA) is 81.4 Å². The van der Waals surface area contributed by atoms with E-state index in [4.69, 9.17) is 10.5 Å². The van der Waals surface area contributed by atoms with Gasteiger partial charge in [-0.2, -0.15) is 0 Å². The third-order valence-electron chi connectivity index (χ3n) is 4.69. The highest BCUT2D eigenvalue weighted by molar-refractivity contribution is 7.89. The molecule has 26 heavy (non-hydrogen) atoms. The lowest BCUT2D eigenvalue weighted by molar-refractivity contribution is 0.238. The van der Waals surface area contributed by atoms with Crippen LogP contribution in [0.5, 0.6) is 5.75 Å². The Labute approximate surface area is 155 Å². The molecule has 1 heterocycles. The maximum Gasteiger partial charge on any atom is 0.211 e. The molecule has 2 aromatic carbocycles. The molecule has 0 amide bonds. The maximum atomic E-state index is 11.9. The van der Waals surface area contributed by atoms with Crippen molar-refractivity contribution in [3.63, 3.8) is 0 Å². The van der Waals surface area contributed by atoms with Crippen molar-refractivity contribution in [3.05, 3.63) is 65.2 Å². The Morgan fingerprint density at radius 2 is 1.92 bits per heavy atom. The van der Waals surface area contributed by atoms with E-state index in [1.165, 1.54) is 5.56 Å². The summed E-state index contributed by atoms with van der Waals surface area (Å²) in [6.45, 7) is 2.63. The lowest BCUT2D eigenvalue weighted by Crippen LogP contribution is -2.39. The zero-order valence-electron chi connectivity index (χ0n) is 15.0. The predicted octanol–water partition coefficient (Wildman–Crippen LogP) is 2.56. The fourth-order valence-electron chi connectivity index (χ4n) is 3.33. The smallest absolute Gasteiger partial charge is 0.211 e. The number of fused-ring (bicyclic) bond motifs is 1. The molecule has 3 N–H and O–H groups in total. The molecular formula is C20H26N2O3S. The van der Waals surface area contributed by atoms with Gasteiger partial charge in [0.1, 0.15) is 12.4 Å². The molecule has 0 aromatic heterocycles. The SMILES string of the molecule is CCCS(=O)(=O)NCc1ccc2c(c1)[C@@H](Cc1ccccc1)[C@@H](N)CO2. The summed E-state index contributed by atoms with van der Waals surface area (Å²) in [5.41, 5.74) is 9.54. The van der Waals surface area contributed by atoms with Crippen LogP contribution in [0.25, 0.3) is 0 Å². The van der Waals surface area contributed by atoms with Gasteiger partial charge in [0.2, 0.25) is 10.0 Å². The predicted molar refractivity (Wildman–Crippen MR) is 104 cm³/mol. The van der Waals surface area contributed by atoms with Crippen LogP contribution in [0, 0.1) is 0 Å². The van der Waals surface area contributed by atoms with Crippen molar-refractivity contribution in [2.75, 3.05) is 12.4 Å². The van der Waals surface area contributed by atoms with Crippen LogP contribution in [0.4, 0.5) is 0 Å². The van der Waals surface area contributed by atoms with E-state index in [2.05, 4.69) is 16.9 Å². The summed E-state index contributed by atoms with van der Waals surface area (Å²) < 4.78 is 32.2. The quantitative estimate of drug-likeness (QED) is 0.780. The minimum Gasteiger partial charge on any atom is -0.492 e. The monoisotopic (exact) mass is 374 g/mol. The van der Waals surface area contributed by atoms with Crippen LogP contribution in [-0.2, 0) is 23.0 Å². The molecule has 0 fully saturated rings. The highest BCUT2D eigenvalue weighted by Crippen LogP contribution is 2.36. The van der Waals surface area contributed by atoms with E-state index in [9.17, 15) is 8.42 Å². The van der Waals surface area contributed by atoms with Gasteiger partial charge in [0.15, 0.2) is 0 Å². The minimum atomic E-state index is -3.23. The van der Waals surface area contributed by atoms with Crippen LogP contribution >= 0.6 is 0 Å². The number of nitrogens with one attached hydrogen (secondary N) is 1. The van der Waals surface area contributed by atoms with Crippen LogP contribution in [0.15, 0.2) is 48.5 Å². The zero-order valence-corrected chi connectivity index (χ0v) is 15.8. The Morgan fingerprint density at radius 1 is 1.15 bits per heavy atom. The molecular weight excluding hydrogens is 348 g/mol. The molecule has 0 radical (unpaired) electrons. The van der Waals surface area contributed by atoms with Gasteiger partial charge in [-0.05, 0) is 35.6 Å². The molecule has 5 nitrogen and oxygen atoms in total. The van der Waals surface area contributed by atoms with Gasteiger partial charge < -0.3 is 10.5 Å². The first-order valence-electron chi connectivity index (χ1n) is 9.01. The molecule has 1 aliphatic rings. The Balaban J connectivity index is 1.81. The van der Waals surface area contributed by atoms with E-state index in [1.54, 1.807) is 0 Å². The summed E-state index contributed by atoms with van der Waals surface area (Å²) in [5.74, 6) is 1.13. The number of benzene rings is 2. The zero-order chi connectivity index (χ0) is 18.6. The molecule has 0 saturated carbocycles. The first-order chi connectivity index (χ1) is 12.5. The molecule has 140 valence electrons. The van der Waals surface area contributed by atoms with Crippen molar-refractivity contribution in [1.82, 2.24) is 4.72 Å². The first kappa shape index (κ1) is 18.9. The summed E-state index contributed by atoms with van der Waals surface area (Å²) in [5, 5.41) is 0. The largest absolute Gasteiger partial charge is 0.492 e. The van der Waals surface area contributed by atoms with Crippen molar-refractivity contribution in [2.24, 2.45) is 5.73 Å². The van der Waals surface area contributed by atoms with E-state index in [1.807, 2.05) is 43.3 Å². The van der Waals surface area contributed by atoms with Gasteiger partial charge in [0.25, 0.3) is 0 Å². The number of rotatable bonds is 7. The van der Waals surface area contributed by atoms with Gasteiger partial charge in [0.05, 0.1) is 5.75 Å². The Kier molecular flexibility index (Phi) is 5.96. The third-order valence-corrected chi connectivity index (χ3v) is 6.22. The summed E-state index contributed by atoms with van der Waals surface area (Å²) in [6, 6.07) is 16.0. The second-order valence-corrected chi connectivity index (χ2v) is 8.71. The summed E-state index contributed by atoms with van der Waals surface area (Å²) in [6.07, 6.45) is 1.44. The second kappa shape index (κ2) is 8.20. The van der Waals surface area contributed by atoms with E-state index < -0.39 is 10.0 Å². The molecule has 2 atom stereocenters. The van der Waals surface area contributed by atoms with Crippen molar-refractivity contribution in [1.29, 1.82) is 0 Å². The van der Waals surface area contributed by atoms with E-state index in [0.29, 0.717) is 13.0 Å². The molecule has 0 aliphatic carbocycles. The fraction of sp³-hybridized carbons (Fsp3) is 0.400. The van der Waals surface area contributed by atoms with Gasteiger partial charge in [-0.3, -0.25) is 0 Å². The third kappa shape index (κ3) is 4.63. The number of ether oxygens (including phenoxy) is 1. The molecule has 0 unspecified atom stereocenters. The highest BCUT2D eigenvalue weighted by atomic mass is 32.2. The molecule has 3 rings (SSSR count). The molecule has 6 heteroatoms. The maximum absolute atomic E-state index is 11.9. The van der Waals surface area contributed by atoms with E-state index in [-0.39, 0.29) is 24.3 Å². The molecule has 0 saturated heterocycles. The molecule has 0 bridgehead atoms. The number of sulfonamides is 1. The van der Waals surface area contributed by atoms with Gasteiger partial charge in [0, 0.05) is 18.5 Å². The average molecular weight is 375 g/mol. The van der Waals surface area contributed by atoms with Crippen LogP contribution in [-0.4, -0.2) is 26.8 Å². The standard InChI is InChI=1S/C20H26N2O3S/c1-2-10-26(23,24)22-13-16-8-9-20-18(12-16)17(19(21)14-25-20)11-15-6-4-3-5-7-15/h3-9,12,17,19,22H,2,10-11,13-14,21H2,1H3/t17-,19+/m1/s1. The normalized spacial score (nSPS) is 19.6. The van der Waals surface area contributed by atoms with Gasteiger partial charge >= 0.3 is 0 Å². The Morgan fingerprint density at radius 3 is 2.65 bits per heavy atom. The van der Waals surface area contributed by atoms with Crippen LogP contribution < -0.4 is 15.2 Å². The highest BCUT2D eigenvalue weighted by Gasteiger charge is 2.29. The molecule has 1 aliphatic heterocycles.